The van der Waals surface area contributed by atoms with Gasteiger partial charge in [0.15, 0.2) is 0 Å². The number of amides is 2. The minimum atomic E-state index is -0.430. The summed E-state index contributed by atoms with van der Waals surface area (Å²) in [7, 11) is 0. The molecular weight excluding hydrogens is 460 g/mol. The van der Waals surface area contributed by atoms with E-state index in [0.717, 1.165) is 23.1 Å². The predicted molar refractivity (Wildman–Crippen MR) is 130 cm³/mol. The third-order valence-electron chi connectivity index (χ3n) is 4.83. The van der Waals surface area contributed by atoms with Gasteiger partial charge >= 0.3 is 0 Å². The summed E-state index contributed by atoms with van der Waals surface area (Å²) in [6.07, 6.45) is 2.22. The van der Waals surface area contributed by atoms with Crippen LogP contribution < -0.4 is 5.32 Å². The Morgan fingerprint density at radius 2 is 1.73 bits per heavy atom. The molecule has 2 rings (SSSR count). The van der Waals surface area contributed by atoms with Gasteiger partial charge in [-0.15, -0.1) is 11.8 Å². The normalized spacial score (nSPS) is 11.7. The number of thioether (sulfide) groups is 1. The monoisotopic (exact) mass is 490 g/mol. The second-order valence-electron chi connectivity index (χ2n) is 7.16. The van der Waals surface area contributed by atoms with E-state index in [1.54, 1.807) is 16.7 Å². The molecule has 1 atom stereocenters. The van der Waals surface area contributed by atoms with E-state index >= 15 is 0 Å². The topological polar surface area (TPSA) is 49.4 Å². The molecular formula is C24H31BrN2O2S. The summed E-state index contributed by atoms with van der Waals surface area (Å²) >= 11 is 5.03. The van der Waals surface area contributed by atoms with E-state index in [1.165, 1.54) is 11.1 Å². The zero-order valence-corrected chi connectivity index (χ0v) is 20.2. The van der Waals surface area contributed by atoms with E-state index in [4.69, 9.17) is 0 Å². The fraction of sp³-hybridized carbons (Fsp3) is 0.417. The Morgan fingerprint density at radius 3 is 2.37 bits per heavy atom. The van der Waals surface area contributed by atoms with Crippen LogP contribution in [0.2, 0.25) is 0 Å². The first-order valence-corrected chi connectivity index (χ1v) is 12.4. The molecule has 0 saturated carbocycles. The van der Waals surface area contributed by atoms with Gasteiger partial charge in [0, 0.05) is 23.3 Å². The first kappa shape index (κ1) is 24.5. The van der Waals surface area contributed by atoms with Gasteiger partial charge in [-0.1, -0.05) is 72.2 Å². The molecule has 1 N–H and O–H groups in total. The van der Waals surface area contributed by atoms with Gasteiger partial charge < -0.3 is 10.2 Å². The van der Waals surface area contributed by atoms with Crippen molar-refractivity contribution >= 4 is 39.5 Å². The van der Waals surface area contributed by atoms with Crippen LogP contribution >= 0.6 is 27.7 Å². The lowest BCUT2D eigenvalue weighted by molar-refractivity contribution is -0.138. The third kappa shape index (κ3) is 8.15. The average Bonchev–Trinajstić information content (AvgIpc) is 2.77. The summed E-state index contributed by atoms with van der Waals surface area (Å²) in [6, 6.07) is 17.8. The van der Waals surface area contributed by atoms with Crippen molar-refractivity contribution in [3.05, 3.63) is 70.2 Å². The van der Waals surface area contributed by atoms with Crippen LogP contribution in [0.3, 0.4) is 0 Å². The number of hydrogen-bond donors (Lipinski definition) is 1. The van der Waals surface area contributed by atoms with Gasteiger partial charge in [-0.2, -0.15) is 0 Å². The Labute approximate surface area is 192 Å². The number of nitrogens with zero attached hydrogens (tertiary/aromatic N) is 1. The number of rotatable bonds is 12. The lowest BCUT2D eigenvalue weighted by atomic mass is 10.1. The molecule has 0 fully saturated rings. The van der Waals surface area contributed by atoms with Gasteiger partial charge in [0.2, 0.25) is 11.8 Å². The number of benzene rings is 2. The first-order chi connectivity index (χ1) is 14.5. The molecule has 4 nitrogen and oxygen atoms in total. The average molecular weight is 491 g/mol. The highest BCUT2D eigenvalue weighted by atomic mass is 79.9. The SMILES string of the molecule is CCCNC(=O)C(CC)N(CCc1ccccc1)C(=O)CSCc1ccc(Br)cc1. The van der Waals surface area contributed by atoms with Crippen molar-refractivity contribution in [2.75, 3.05) is 18.8 Å². The van der Waals surface area contributed by atoms with Gasteiger partial charge in [0.1, 0.15) is 6.04 Å². The second kappa shape index (κ2) is 13.5. The maximum absolute atomic E-state index is 13.1. The standard InChI is InChI=1S/C24H31BrN2O2S/c1-3-15-26-24(29)22(4-2)27(16-14-19-8-6-5-7-9-19)23(28)18-30-17-20-10-12-21(25)13-11-20/h5-13,22H,3-4,14-18H2,1-2H3,(H,26,29). The van der Waals surface area contributed by atoms with Crippen LogP contribution in [0, 0.1) is 0 Å². The van der Waals surface area contributed by atoms with Crippen LogP contribution in [0.5, 0.6) is 0 Å². The molecule has 1 unspecified atom stereocenters. The zero-order chi connectivity index (χ0) is 21.8. The molecule has 162 valence electrons. The number of carbonyl (C=O) groups excluding carboxylic acids is 2. The highest BCUT2D eigenvalue weighted by Gasteiger charge is 2.27. The van der Waals surface area contributed by atoms with E-state index in [-0.39, 0.29) is 11.8 Å². The molecule has 2 amide bonds. The minimum absolute atomic E-state index is 0.0199. The van der Waals surface area contributed by atoms with E-state index in [1.807, 2.05) is 44.2 Å². The van der Waals surface area contributed by atoms with Crippen LogP contribution in [0.1, 0.15) is 37.8 Å². The molecule has 0 bridgehead atoms. The maximum Gasteiger partial charge on any atom is 0.242 e. The number of hydrogen-bond acceptors (Lipinski definition) is 3. The second-order valence-corrected chi connectivity index (χ2v) is 9.06. The number of carbonyl (C=O) groups is 2. The molecule has 0 aliphatic heterocycles. The van der Waals surface area contributed by atoms with Crippen LogP contribution in [-0.4, -0.2) is 41.6 Å². The summed E-state index contributed by atoms with van der Waals surface area (Å²) in [5.41, 5.74) is 2.35. The summed E-state index contributed by atoms with van der Waals surface area (Å²) in [5.74, 6) is 1.09. The molecule has 0 heterocycles. The van der Waals surface area contributed by atoms with Gasteiger partial charge in [-0.05, 0) is 42.5 Å². The Balaban J connectivity index is 2.02. The molecule has 0 saturated heterocycles. The summed E-state index contributed by atoms with van der Waals surface area (Å²) in [4.78, 5) is 27.6. The van der Waals surface area contributed by atoms with Crippen molar-refractivity contribution in [2.24, 2.45) is 0 Å². The largest absolute Gasteiger partial charge is 0.354 e. The van der Waals surface area contributed by atoms with Gasteiger partial charge in [-0.3, -0.25) is 9.59 Å². The van der Waals surface area contributed by atoms with Crippen molar-refractivity contribution in [1.82, 2.24) is 10.2 Å². The van der Waals surface area contributed by atoms with Crippen molar-refractivity contribution in [1.29, 1.82) is 0 Å². The fourth-order valence-corrected chi connectivity index (χ4v) is 4.32. The van der Waals surface area contributed by atoms with Gasteiger partial charge in [0.25, 0.3) is 0 Å². The Bertz CT molecular complexity index is 784. The van der Waals surface area contributed by atoms with Crippen LogP contribution in [0.25, 0.3) is 0 Å². The van der Waals surface area contributed by atoms with Crippen LogP contribution in [0.15, 0.2) is 59.1 Å². The highest BCUT2D eigenvalue weighted by molar-refractivity contribution is 9.10. The molecule has 0 spiro atoms. The lowest BCUT2D eigenvalue weighted by Crippen LogP contribution is -2.50. The van der Waals surface area contributed by atoms with E-state index in [2.05, 4.69) is 45.5 Å². The van der Waals surface area contributed by atoms with Gasteiger partial charge in [0.05, 0.1) is 5.75 Å². The molecule has 0 aliphatic carbocycles. The molecule has 0 radical (unpaired) electrons. The molecule has 2 aromatic carbocycles. The van der Waals surface area contributed by atoms with Crippen LogP contribution in [0.4, 0.5) is 0 Å². The molecule has 0 aromatic heterocycles. The van der Waals surface area contributed by atoms with Crippen molar-refractivity contribution in [2.45, 2.75) is 44.9 Å². The Morgan fingerprint density at radius 1 is 1.03 bits per heavy atom. The summed E-state index contributed by atoms with van der Waals surface area (Å²) in [5, 5.41) is 2.96. The van der Waals surface area contributed by atoms with Crippen molar-refractivity contribution < 1.29 is 9.59 Å². The lowest BCUT2D eigenvalue weighted by Gasteiger charge is -2.30. The molecule has 6 heteroatoms. The Kier molecular flexibility index (Phi) is 11.0. The minimum Gasteiger partial charge on any atom is -0.354 e. The smallest absolute Gasteiger partial charge is 0.242 e. The van der Waals surface area contributed by atoms with E-state index in [0.29, 0.717) is 25.3 Å². The predicted octanol–water partition coefficient (Wildman–Crippen LogP) is 5.06. The van der Waals surface area contributed by atoms with Crippen molar-refractivity contribution in [3.8, 4) is 0 Å². The van der Waals surface area contributed by atoms with Crippen LogP contribution in [-0.2, 0) is 21.8 Å². The molecule has 30 heavy (non-hydrogen) atoms. The molecule has 2 aromatic rings. The summed E-state index contributed by atoms with van der Waals surface area (Å²) in [6.45, 7) is 5.17. The molecule has 0 aliphatic rings. The van der Waals surface area contributed by atoms with Gasteiger partial charge in [-0.25, -0.2) is 0 Å². The third-order valence-corrected chi connectivity index (χ3v) is 6.34. The van der Waals surface area contributed by atoms with E-state index < -0.39 is 6.04 Å². The number of nitrogens with one attached hydrogen (secondary N) is 1. The first-order valence-electron chi connectivity index (χ1n) is 10.5. The van der Waals surface area contributed by atoms with Crippen molar-refractivity contribution in [3.63, 3.8) is 0 Å². The quantitative estimate of drug-likeness (QED) is 0.452. The van der Waals surface area contributed by atoms with E-state index in [9.17, 15) is 9.59 Å². The summed E-state index contributed by atoms with van der Waals surface area (Å²) < 4.78 is 1.04. The number of halogens is 1. The zero-order valence-electron chi connectivity index (χ0n) is 17.8. The Hall–Kier alpha value is -1.79. The fourth-order valence-electron chi connectivity index (χ4n) is 3.18. The highest BCUT2D eigenvalue weighted by Crippen LogP contribution is 2.18. The maximum atomic E-state index is 13.1.